The maximum Gasteiger partial charge on any atom is 0.237 e. The number of halogens is 4. The number of hydrogen-bond donors (Lipinski definition) is 2. The summed E-state index contributed by atoms with van der Waals surface area (Å²) in [7, 11) is 6.08. The van der Waals surface area contributed by atoms with Gasteiger partial charge in [-0.3, -0.25) is 19.6 Å². The normalized spacial score (nSPS) is 17.2. The molecule has 4 N–H and O–H groups in total. The number of ether oxygens (including phenoxy) is 2. The smallest absolute Gasteiger partial charge is 0.237 e. The maximum absolute atomic E-state index is 14.6. The fraction of sp³-hybridized carbons (Fsp3) is 0.415. The summed E-state index contributed by atoms with van der Waals surface area (Å²) >= 11 is 2.20. The largest absolute Gasteiger partial charge is 0.496 e. The Bertz CT molecular complexity index is 2940. The van der Waals surface area contributed by atoms with Gasteiger partial charge in [-0.2, -0.15) is 0 Å². The molecular weight excluding hydrogens is 1080 g/mol. The van der Waals surface area contributed by atoms with Gasteiger partial charge in [-0.25, -0.2) is 27.5 Å². The molecule has 2 aliphatic carbocycles. The molecule has 11 nitrogen and oxygen atoms in total. The summed E-state index contributed by atoms with van der Waals surface area (Å²) in [5, 5.41) is -1.10. The zero-order valence-electron chi connectivity index (χ0n) is 49.3. The molecular formula is C65H83F4N7O4S2. The van der Waals surface area contributed by atoms with Crippen molar-refractivity contribution in [3.63, 3.8) is 0 Å². The van der Waals surface area contributed by atoms with Crippen LogP contribution in [0.4, 0.5) is 17.6 Å². The minimum absolute atomic E-state index is 0.0336. The molecule has 0 bridgehead atoms. The number of benzene rings is 4. The summed E-state index contributed by atoms with van der Waals surface area (Å²) in [6.07, 6.45) is 30.5. The first-order chi connectivity index (χ1) is 39.7. The van der Waals surface area contributed by atoms with Gasteiger partial charge >= 0.3 is 0 Å². The van der Waals surface area contributed by atoms with Gasteiger partial charge in [0, 0.05) is 72.7 Å². The molecule has 2 fully saturated rings. The Labute approximate surface area is 493 Å². The number of ketones is 1. The first kappa shape index (κ1) is 69.8. The summed E-state index contributed by atoms with van der Waals surface area (Å²) in [6, 6.07) is 16.9. The standard InChI is InChI=1S/C28H29F2N3OS.C13H14N2O.C11H10F2O2S.C7H12.C2H6.C2H2.2CH5N/c1-17-8-9-19(24-15-31-12-13-32-24)14-20(17)16-33(21-6-4-3-5-7-21)28(34)26-18(2)25-22(29)10-11-23(30)27(25)35-26;1-3-10-6-11(4-5-13(10)16-2)12-7-14-9-15-8-12;1-5(14)10-9(15-2)8-6(12)3-4-7(13)11(8)16-10;1-7-5-3-2-4-6-7;4*1-2/h8-15,18,21,26H,3-7,16H2,1-2H3;4-9H,3H2,1-2H3;3-4,9-10H,1-2H3;1-6H2;1-2H3;1-2H;2*2H2,1H3. The molecule has 17 heteroatoms. The molecule has 442 valence electrons. The Hall–Kier alpha value is -6.42. The number of terminal acetylenes is 1. The van der Waals surface area contributed by atoms with Gasteiger partial charge in [0.1, 0.15) is 47.2 Å². The Morgan fingerprint density at radius 2 is 1.26 bits per heavy atom. The summed E-state index contributed by atoms with van der Waals surface area (Å²) < 4.78 is 66.6. The second-order valence-corrected chi connectivity index (χ2v) is 21.3. The second-order valence-electron chi connectivity index (χ2n) is 19.0. The molecule has 2 aromatic heterocycles. The summed E-state index contributed by atoms with van der Waals surface area (Å²) in [6.45, 7) is 15.8. The van der Waals surface area contributed by atoms with Crippen molar-refractivity contribution in [3.05, 3.63) is 161 Å². The minimum Gasteiger partial charge on any atom is -0.496 e. The van der Waals surface area contributed by atoms with E-state index in [2.05, 4.69) is 76.0 Å². The number of rotatable bonds is 10. The lowest BCUT2D eigenvalue weighted by Gasteiger charge is -2.37. The molecule has 4 aliphatic rings. The first-order valence-electron chi connectivity index (χ1n) is 27.8. The number of Topliss-reactive ketones (excluding diaryl/α,β-unsaturated/α-hetero) is 1. The fourth-order valence-corrected chi connectivity index (χ4v) is 12.6. The van der Waals surface area contributed by atoms with E-state index < -0.39 is 45.8 Å². The zero-order valence-corrected chi connectivity index (χ0v) is 51.0. The van der Waals surface area contributed by atoms with Crippen molar-refractivity contribution >= 4 is 35.2 Å². The van der Waals surface area contributed by atoms with E-state index in [0.717, 1.165) is 107 Å². The highest BCUT2D eigenvalue weighted by Crippen LogP contribution is 2.50. The van der Waals surface area contributed by atoms with Crippen LogP contribution < -0.4 is 16.2 Å². The van der Waals surface area contributed by atoms with Gasteiger partial charge in [0.05, 0.1) is 39.3 Å². The minimum atomic E-state index is -0.701. The molecule has 6 aromatic rings. The Kier molecular flexibility index (Phi) is 31.4. The average molecular weight is 1170 g/mol. The van der Waals surface area contributed by atoms with Gasteiger partial charge in [0.15, 0.2) is 0 Å². The predicted molar refractivity (Wildman–Crippen MR) is 328 cm³/mol. The Morgan fingerprint density at radius 3 is 1.78 bits per heavy atom. The molecule has 4 aromatic carbocycles. The highest BCUT2D eigenvalue weighted by molar-refractivity contribution is 8.01. The molecule has 2 aliphatic heterocycles. The van der Waals surface area contributed by atoms with E-state index in [1.54, 1.807) is 25.7 Å². The van der Waals surface area contributed by atoms with E-state index >= 15 is 0 Å². The van der Waals surface area contributed by atoms with Crippen molar-refractivity contribution in [1.29, 1.82) is 0 Å². The van der Waals surface area contributed by atoms with Gasteiger partial charge < -0.3 is 25.8 Å². The lowest BCUT2D eigenvalue weighted by Crippen LogP contribution is -2.45. The van der Waals surface area contributed by atoms with Crippen molar-refractivity contribution in [2.75, 3.05) is 28.3 Å². The zero-order chi connectivity index (χ0) is 60.9. The molecule has 2 saturated carbocycles. The number of fused-ring (bicyclic) bond motifs is 2. The van der Waals surface area contributed by atoms with Gasteiger partial charge in [-0.1, -0.05) is 83.7 Å². The highest BCUT2D eigenvalue weighted by Gasteiger charge is 2.43. The van der Waals surface area contributed by atoms with Crippen molar-refractivity contribution in [1.82, 2.24) is 24.8 Å². The molecule has 4 atom stereocenters. The van der Waals surface area contributed by atoms with Crippen LogP contribution in [0.3, 0.4) is 0 Å². The summed E-state index contributed by atoms with van der Waals surface area (Å²) in [4.78, 5) is 44.5. The maximum atomic E-state index is 14.6. The van der Waals surface area contributed by atoms with E-state index in [1.165, 1.54) is 95.9 Å². The molecule has 0 radical (unpaired) electrons. The molecule has 0 saturated heterocycles. The lowest BCUT2D eigenvalue weighted by atomic mass is 9.91. The van der Waals surface area contributed by atoms with Crippen LogP contribution >= 0.6 is 23.5 Å². The van der Waals surface area contributed by atoms with Crippen LogP contribution in [0.15, 0.2) is 120 Å². The molecule has 1 amide bonds. The number of aromatic nitrogens is 4. The number of carbonyl (C=O) groups is 2. The number of hydrogen-bond acceptors (Lipinski definition) is 12. The topological polar surface area (TPSA) is 159 Å². The first-order valence-corrected chi connectivity index (χ1v) is 29.6. The number of thioether (sulfide) groups is 2. The molecule has 0 spiro atoms. The lowest BCUT2D eigenvalue weighted by molar-refractivity contribution is -0.134. The van der Waals surface area contributed by atoms with Crippen LogP contribution in [0.2, 0.25) is 0 Å². The Balaban J connectivity index is 0.000000313. The van der Waals surface area contributed by atoms with Gasteiger partial charge in [0.2, 0.25) is 5.91 Å². The highest BCUT2D eigenvalue weighted by atomic mass is 32.2. The predicted octanol–water partition coefficient (Wildman–Crippen LogP) is 15.0. The third-order valence-corrected chi connectivity index (χ3v) is 17.0. The quantitative estimate of drug-likeness (QED) is 0.0760. The summed E-state index contributed by atoms with van der Waals surface area (Å²) in [5.41, 5.74) is 18.2. The van der Waals surface area contributed by atoms with Crippen LogP contribution in [0.25, 0.3) is 22.4 Å². The van der Waals surface area contributed by atoms with Crippen LogP contribution in [0.5, 0.6) is 5.75 Å². The van der Waals surface area contributed by atoms with E-state index in [1.807, 2.05) is 63.2 Å². The van der Waals surface area contributed by atoms with Gasteiger partial charge in [-0.05, 0) is 138 Å². The van der Waals surface area contributed by atoms with E-state index in [0.29, 0.717) is 12.1 Å². The van der Waals surface area contributed by atoms with E-state index in [9.17, 15) is 27.2 Å². The number of methoxy groups -OCH3 is 2. The van der Waals surface area contributed by atoms with Crippen molar-refractivity contribution < 1.29 is 36.6 Å². The van der Waals surface area contributed by atoms with Gasteiger partial charge in [0.25, 0.3) is 0 Å². The second kappa shape index (κ2) is 36.9. The monoisotopic (exact) mass is 1170 g/mol. The SMILES string of the molecule is C#C.C=C1CCCCC1.CC.CCc1cc(-c2cncnc2)ccc1OC.CN.CN.COC1c2c(F)ccc(F)c2SC1C(C)=O.Cc1ccc(-c2cnccn2)cc1CN(C(=O)C1Sc2c(F)ccc(F)c2C1C)C1CCCCC1. The molecule has 10 rings (SSSR count). The van der Waals surface area contributed by atoms with Gasteiger partial charge in [-0.15, -0.1) is 36.4 Å². The number of nitrogens with zero attached hydrogens (tertiary/aromatic N) is 5. The number of aryl methyl sites for hydroxylation is 2. The van der Waals surface area contributed by atoms with E-state index in [4.69, 9.17) is 9.47 Å². The van der Waals surface area contributed by atoms with Crippen LogP contribution in [-0.2, 0) is 27.3 Å². The molecule has 82 heavy (non-hydrogen) atoms. The average Bonchev–Trinajstić information content (AvgIpc) is 4.32. The third-order valence-electron chi connectivity index (χ3n) is 14.0. The number of allylic oxidation sites excluding steroid dienone is 1. The van der Waals surface area contributed by atoms with Crippen molar-refractivity contribution in [3.8, 4) is 41.0 Å². The van der Waals surface area contributed by atoms with Crippen molar-refractivity contribution in [2.24, 2.45) is 11.5 Å². The van der Waals surface area contributed by atoms with Crippen LogP contribution in [0, 0.1) is 43.0 Å². The number of nitrogens with two attached hydrogens (primary N) is 2. The fourth-order valence-electron chi connectivity index (χ4n) is 9.86. The Morgan fingerprint density at radius 1 is 0.707 bits per heavy atom. The number of carbonyl (C=O) groups excluding carboxylic acids is 2. The van der Waals surface area contributed by atoms with Crippen LogP contribution in [0.1, 0.15) is 139 Å². The number of amides is 1. The van der Waals surface area contributed by atoms with Crippen LogP contribution in [-0.4, -0.2) is 81.4 Å². The molecule has 4 unspecified atom stereocenters. The van der Waals surface area contributed by atoms with Crippen molar-refractivity contribution in [2.45, 2.75) is 157 Å². The molecule has 4 heterocycles. The summed E-state index contributed by atoms with van der Waals surface area (Å²) in [5.74, 6) is -1.56. The third kappa shape index (κ3) is 18.8. The van der Waals surface area contributed by atoms with E-state index in [-0.39, 0.29) is 33.1 Å².